The molecule has 0 aliphatic carbocycles. The smallest absolute Gasteiger partial charge is 0.128 e. The zero-order valence-electron chi connectivity index (χ0n) is 9.58. The molecule has 1 N–H and O–H groups in total. The van der Waals surface area contributed by atoms with Crippen molar-refractivity contribution in [2.24, 2.45) is 0 Å². The van der Waals surface area contributed by atoms with E-state index in [0.717, 1.165) is 17.1 Å². The van der Waals surface area contributed by atoms with Crippen molar-refractivity contribution >= 4 is 22.9 Å². The van der Waals surface area contributed by atoms with Crippen LogP contribution in [0.2, 0.25) is 4.34 Å². The first-order valence-electron chi connectivity index (χ1n) is 5.35. The summed E-state index contributed by atoms with van der Waals surface area (Å²) in [6.45, 7) is 2.24. The van der Waals surface area contributed by atoms with Gasteiger partial charge in [0.15, 0.2) is 0 Å². The van der Waals surface area contributed by atoms with Gasteiger partial charge in [-0.05, 0) is 25.1 Å². The van der Waals surface area contributed by atoms with E-state index in [1.54, 1.807) is 13.1 Å². The van der Waals surface area contributed by atoms with Crippen LogP contribution in [0.3, 0.4) is 0 Å². The van der Waals surface area contributed by atoms with Gasteiger partial charge in [-0.2, -0.15) is 0 Å². The average molecular weight is 289 g/mol. The highest BCUT2D eigenvalue weighted by Gasteiger charge is 2.12. The number of halogens is 3. The summed E-state index contributed by atoms with van der Waals surface area (Å²) in [6, 6.07) is 3.13. The topological polar surface area (TPSA) is 24.9 Å². The lowest BCUT2D eigenvalue weighted by atomic mass is 10.1. The van der Waals surface area contributed by atoms with Gasteiger partial charge in [0.05, 0.1) is 6.20 Å². The third kappa shape index (κ3) is 3.25. The molecule has 1 atom stereocenters. The molecular weight excluding hydrogens is 278 g/mol. The average Bonchev–Trinajstić information content (AvgIpc) is 2.75. The van der Waals surface area contributed by atoms with Crippen LogP contribution in [0.15, 0.2) is 24.4 Å². The van der Waals surface area contributed by atoms with E-state index in [2.05, 4.69) is 10.3 Å². The highest BCUT2D eigenvalue weighted by molar-refractivity contribution is 7.15. The fourth-order valence-corrected chi connectivity index (χ4v) is 2.47. The van der Waals surface area contributed by atoms with E-state index in [1.807, 2.05) is 0 Å². The molecule has 1 unspecified atom stereocenters. The molecule has 1 heterocycles. The Balaban J connectivity index is 2.03. The highest BCUT2D eigenvalue weighted by Crippen LogP contribution is 2.21. The normalized spacial score (nSPS) is 12.7. The fraction of sp³-hybridized carbons (Fsp3) is 0.250. The van der Waals surface area contributed by atoms with Crippen molar-refractivity contribution in [1.29, 1.82) is 0 Å². The van der Waals surface area contributed by atoms with Crippen LogP contribution in [-0.4, -0.2) is 4.98 Å². The number of aromatic nitrogens is 1. The molecule has 6 heteroatoms. The van der Waals surface area contributed by atoms with Crippen LogP contribution in [0, 0.1) is 11.6 Å². The molecule has 0 saturated carbocycles. The zero-order valence-corrected chi connectivity index (χ0v) is 11.2. The number of nitrogens with one attached hydrogen (secondary N) is 1. The molecule has 0 bridgehead atoms. The van der Waals surface area contributed by atoms with Gasteiger partial charge in [-0.15, -0.1) is 11.3 Å². The summed E-state index contributed by atoms with van der Waals surface area (Å²) >= 11 is 7.11. The number of hydrogen-bond acceptors (Lipinski definition) is 3. The Kier molecular flexibility index (Phi) is 4.27. The maximum atomic E-state index is 13.5. The van der Waals surface area contributed by atoms with Crippen molar-refractivity contribution in [1.82, 2.24) is 10.3 Å². The predicted molar refractivity (Wildman–Crippen MR) is 68.7 cm³/mol. The number of rotatable bonds is 4. The van der Waals surface area contributed by atoms with E-state index in [4.69, 9.17) is 11.6 Å². The van der Waals surface area contributed by atoms with E-state index >= 15 is 0 Å². The first kappa shape index (κ1) is 13.4. The molecule has 18 heavy (non-hydrogen) atoms. The lowest BCUT2D eigenvalue weighted by Gasteiger charge is -2.14. The minimum atomic E-state index is -0.447. The van der Waals surface area contributed by atoms with E-state index in [0.29, 0.717) is 16.4 Å². The third-order valence-electron chi connectivity index (χ3n) is 2.51. The second kappa shape index (κ2) is 5.73. The molecule has 0 aliphatic heterocycles. The second-order valence-electron chi connectivity index (χ2n) is 3.83. The molecule has 2 aromatic rings. The van der Waals surface area contributed by atoms with Gasteiger partial charge in [-0.3, -0.25) is 0 Å². The van der Waals surface area contributed by atoms with Crippen LogP contribution in [0.5, 0.6) is 0 Å². The summed E-state index contributed by atoms with van der Waals surface area (Å²) in [7, 11) is 0. The Hall–Kier alpha value is -1.04. The minimum absolute atomic E-state index is 0.302. The Morgan fingerprint density at radius 1 is 1.44 bits per heavy atom. The Morgan fingerprint density at radius 3 is 2.89 bits per heavy atom. The Labute approximate surface area is 113 Å². The van der Waals surface area contributed by atoms with Crippen molar-refractivity contribution in [2.45, 2.75) is 19.5 Å². The maximum absolute atomic E-state index is 13.5. The second-order valence-corrected chi connectivity index (χ2v) is 5.57. The molecule has 0 amide bonds. The molecule has 96 valence electrons. The van der Waals surface area contributed by atoms with Crippen LogP contribution in [0.4, 0.5) is 8.78 Å². The molecule has 0 radical (unpaired) electrons. The maximum Gasteiger partial charge on any atom is 0.128 e. The van der Waals surface area contributed by atoms with Gasteiger partial charge in [0.25, 0.3) is 0 Å². The SMILES string of the molecule is CC(NCc1ncc(Cl)s1)c1cc(F)ccc1F. The Bertz CT molecular complexity index is 545. The first-order chi connectivity index (χ1) is 8.56. The minimum Gasteiger partial charge on any atom is -0.304 e. The highest BCUT2D eigenvalue weighted by atomic mass is 35.5. The summed E-state index contributed by atoms with van der Waals surface area (Å²) in [6.07, 6.45) is 1.57. The van der Waals surface area contributed by atoms with Gasteiger partial charge in [-0.1, -0.05) is 11.6 Å². The van der Waals surface area contributed by atoms with Crippen molar-refractivity contribution in [3.8, 4) is 0 Å². The van der Waals surface area contributed by atoms with Crippen molar-refractivity contribution in [3.05, 3.63) is 50.9 Å². The molecule has 1 aromatic heterocycles. The molecule has 2 rings (SSSR count). The quantitative estimate of drug-likeness (QED) is 0.922. The lowest BCUT2D eigenvalue weighted by molar-refractivity contribution is 0.518. The van der Waals surface area contributed by atoms with E-state index in [9.17, 15) is 8.78 Å². The number of benzene rings is 1. The fourth-order valence-electron chi connectivity index (χ4n) is 1.57. The zero-order chi connectivity index (χ0) is 13.1. The number of thiazole rings is 1. The summed E-state index contributed by atoms with van der Waals surface area (Å²) in [5.41, 5.74) is 0.303. The molecule has 2 nitrogen and oxygen atoms in total. The van der Waals surface area contributed by atoms with E-state index < -0.39 is 11.6 Å². The van der Waals surface area contributed by atoms with E-state index in [1.165, 1.54) is 17.4 Å². The number of hydrogen-bond donors (Lipinski definition) is 1. The summed E-state index contributed by atoms with van der Waals surface area (Å²) in [5, 5.41) is 3.89. The summed E-state index contributed by atoms with van der Waals surface area (Å²) < 4.78 is 27.2. The lowest BCUT2D eigenvalue weighted by Crippen LogP contribution is -2.19. The van der Waals surface area contributed by atoms with Crippen LogP contribution >= 0.6 is 22.9 Å². The van der Waals surface area contributed by atoms with Crippen molar-refractivity contribution in [3.63, 3.8) is 0 Å². The van der Waals surface area contributed by atoms with Gasteiger partial charge in [0, 0.05) is 18.2 Å². The molecule has 0 spiro atoms. The molecule has 0 aliphatic rings. The molecule has 0 saturated heterocycles. The Morgan fingerprint density at radius 2 is 2.22 bits per heavy atom. The predicted octanol–water partition coefficient (Wildman–Crippen LogP) is 3.93. The molecular formula is C12H11ClF2N2S. The molecule has 1 aromatic carbocycles. The van der Waals surface area contributed by atoms with Crippen LogP contribution < -0.4 is 5.32 Å². The van der Waals surface area contributed by atoms with Gasteiger partial charge < -0.3 is 5.32 Å². The monoisotopic (exact) mass is 288 g/mol. The van der Waals surface area contributed by atoms with Crippen LogP contribution in [0.25, 0.3) is 0 Å². The number of nitrogens with zero attached hydrogens (tertiary/aromatic N) is 1. The standard InChI is InChI=1S/C12H11ClF2N2S/c1-7(9-4-8(14)2-3-10(9)15)16-6-12-17-5-11(13)18-12/h2-5,7,16H,6H2,1H3. The van der Waals surface area contributed by atoms with Crippen LogP contribution in [0.1, 0.15) is 23.5 Å². The molecule has 0 fully saturated rings. The van der Waals surface area contributed by atoms with Gasteiger partial charge in [-0.25, -0.2) is 13.8 Å². The van der Waals surface area contributed by atoms with Gasteiger partial charge in [0.1, 0.15) is 21.0 Å². The van der Waals surface area contributed by atoms with Crippen molar-refractivity contribution in [2.75, 3.05) is 0 Å². The van der Waals surface area contributed by atoms with Gasteiger partial charge >= 0.3 is 0 Å². The largest absolute Gasteiger partial charge is 0.304 e. The summed E-state index contributed by atoms with van der Waals surface area (Å²) in [4.78, 5) is 4.08. The third-order valence-corrected chi connectivity index (χ3v) is 3.62. The summed E-state index contributed by atoms with van der Waals surface area (Å²) in [5.74, 6) is -0.870. The first-order valence-corrected chi connectivity index (χ1v) is 6.54. The van der Waals surface area contributed by atoms with Crippen LogP contribution in [-0.2, 0) is 6.54 Å². The van der Waals surface area contributed by atoms with Crippen molar-refractivity contribution < 1.29 is 8.78 Å². The van der Waals surface area contributed by atoms with E-state index in [-0.39, 0.29) is 6.04 Å². The van der Waals surface area contributed by atoms with Gasteiger partial charge in [0.2, 0.25) is 0 Å².